The van der Waals surface area contributed by atoms with Crippen LogP contribution in [0.2, 0.25) is 0 Å². The number of nitrogens with zero attached hydrogens (tertiary/aromatic N) is 2. The predicted octanol–water partition coefficient (Wildman–Crippen LogP) is 0.844. The molecule has 1 fully saturated rings. The first-order chi connectivity index (χ1) is 13.0. The summed E-state index contributed by atoms with van der Waals surface area (Å²) in [6.45, 7) is 9.13. The molecule has 1 atom stereocenters. The maximum Gasteiger partial charge on any atom is 0.242 e. The van der Waals surface area contributed by atoms with E-state index in [9.17, 15) is 9.59 Å². The number of hydrogen-bond donors (Lipinski definition) is 2. The number of hydrogen-bond acceptors (Lipinski definition) is 5. The molecule has 0 spiro atoms. The molecule has 0 unspecified atom stereocenters. The fourth-order valence-corrected chi connectivity index (χ4v) is 3.05. The smallest absolute Gasteiger partial charge is 0.242 e. The van der Waals surface area contributed by atoms with Gasteiger partial charge in [0, 0.05) is 39.3 Å². The summed E-state index contributed by atoms with van der Waals surface area (Å²) in [6, 6.07) is 7.63. The average Bonchev–Trinajstić information content (AvgIpc) is 2.68. The highest BCUT2D eigenvalue weighted by molar-refractivity contribution is 5.87. The Morgan fingerprint density at radius 3 is 2.33 bits per heavy atom. The van der Waals surface area contributed by atoms with E-state index in [4.69, 9.17) is 4.74 Å². The molecule has 7 heteroatoms. The summed E-state index contributed by atoms with van der Waals surface area (Å²) in [5.74, 6) is 0.638. The van der Waals surface area contributed by atoms with Crippen LogP contribution in [-0.4, -0.2) is 74.0 Å². The molecule has 0 saturated carbocycles. The van der Waals surface area contributed by atoms with E-state index in [0.717, 1.165) is 44.9 Å². The summed E-state index contributed by atoms with van der Waals surface area (Å²) < 4.78 is 5.19. The molecule has 150 valence electrons. The van der Waals surface area contributed by atoms with E-state index in [1.165, 1.54) is 5.56 Å². The normalized spacial score (nSPS) is 16.6. The van der Waals surface area contributed by atoms with E-state index in [1.54, 1.807) is 14.0 Å². The van der Waals surface area contributed by atoms with Gasteiger partial charge in [0.15, 0.2) is 0 Å². The molecule has 1 aromatic rings. The van der Waals surface area contributed by atoms with Crippen LogP contribution in [-0.2, 0) is 16.1 Å². The highest BCUT2D eigenvalue weighted by Gasteiger charge is 2.21. The SMILES string of the molecule is CCCNC(=O)[C@@H](C)NC(=O)CN1CCN(Cc2ccc(OC)cc2)CC1. The van der Waals surface area contributed by atoms with E-state index >= 15 is 0 Å². The largest absolute Gasteiger partial charge is 0.497 e. The quantitative estimate of drug-likeness (QED) is 0.668. The summed E-state index contributed by atoms with van der Waals surface area (Å²) in [5.41, 5.74) is 1.26. The molecule has 0 radical (unpaired) electrons. The Labute approximate surface area is 162 Å². The first-order valence-electron chi connectivity index (χ1n) is 9.66. The lowest BCUT2D eigenvalue weighted by atomic mass is 10.2. The zero-order valence-electron chi connectivity index (χ0n) is 16.7. The Balaban J connectivity index is 1.68. The molecule has 0 bridgehead atoms. The van der Waals surface area contributed by atoms with Crippen LogP contribution in [0.15, 0.2) is 24.3 Å². The number of ether oxygens (including phenoxy) is 1. The van der Waals surface area contributed by atoms with Crippen molar-refractivity contribution in [1.82, 2.24) is 20.4 Å². The molecule has 0 aliphatic carbocycles. The molecule has 1 aliphatic rings. The second-order valence-corrected chi connectivity index (χ2v) is 6.98. The van der Waals surface area contributed by atoms with E-state index in [2.05, 4.69) is 32.6 Å². The average molecular weight is 377 g/mol. The number of amides is 2. The Morgan fingerprint density at radius 1 is 1.11 bits per heavy atom. The number of rotatable bonds is 9. The maximum absolute atomic E-state index is 12.2. The lowest BCUT2D eigenvalue weighted by Gasteiger charge is -2.34. The van der Waals surface area contributed by atoms with Crippen molar-refractivity contribution in [3.8, 4) is 5.75 Å². The number of benzene rings is 1. The minimum atomic E-state index is -0.500. The molecule has 7 nitrogen and oxygen atoms in total. The zero-order chi connectivity index (χ0) is 19.6. The van der Waals surface area contributed by atoms with Gasteiger partial charge in [0.2, 0.25) is 11.8 Å². The Morgan fingerprint density at radius 2 is 1.74 bits per heavy atom. The summed E-state index contributed by atoms with van der Waals surface area (Å²) in [6.07, 6.45) is 0.882. The number of nitrogens with one attached hydrogen (secondary N) is 2. The third kappa shape index (κ3) is 7.19. The molecular weight excluding hydrogens is 344 g/mol. The van der Waals surface area contributed by atoms with Crippen LogP contribution in [0.3, 0.4) is 0 Å². The second kappa shape index (κ2) is 10.9. The van der Waals surface area contributed by atoms with Crippen molar-refractivity contribution >= 4 is 11.8 Å². The topological polar surface area (TPSA) is 73.9 Å². The highest BCUT2D eigenvalue weighted by Crippen LogP contribution is 2.14. The van der Waals surface area contributed by atoms with Gasteiger partial charge in [-0.3, -0.25) is 19.4 Å². The lowest BCUT2D eigenvalue weighted by Crippen LogP contribution is -2.52. The summed E-state index contributed by atoms with van der Waals surface area (Å²) in [4.78, 5) is 28.5. The molecular formula is C20H32N4O3. The van der Waals surface area contributed by atoms with E-state index in [1.807, 2.05) is 19.1 Å². The highest BCUT2D eigenvalue weighted by atomic mass is 16.5. The van der Waals surface area contributed by atoms with Gasteiger partial charge in [-0.1, -0.05) is 19.1 Å². The monoisotopic (exact) mass is 376 g/mol. The van der Waals surface area contributed by atoms with E-state index in [0.29, 0.717) is 13.1 Å². The molecule has 2 amide bonds. The summed E-state index contributed by atoms with van der Waals surface area (Å²) in [5, 5.41) is 5.58. The zero-order valence-corrected chi connectivity index (χ0v) is 16.7. The Hall–Kier alpha value is -2.12. The number of piperazine rings is 1. The van der Waals surface area contributed by atoms with Crippen LogP contribution in [0, 0.1) is 0 Å². The van der Waals surface area contributed by atoms with Crippen LogP contribution in [0.25, 0.3) is 0 Å². The fourth-order valence-electron chi connectivity index (χ4n) is 3.05. The molecule has 1 aliphatic heterocycles. The number of carbonyl (C=O) groups excluding carboxylic acids is 2. The van der Waals surface area contributed by atoms with Gasteiger partial charge in [-0.15, -0.1) is 0 Å². The number of carbonyl (C=O) groups is 2. The molecule has 27 heavy (non-hydrogen) atoms. The van der Waals surface area contributed by atoms with Crippen LogP contribution < -0.4 is 15.4 Å². The van der Waals surface area contributed by atoms with Crippen molar-refractivity contribution in [2.24, 2.45) is 0 Å². The fraction of sp³-hybridized carbons (Fsp3) is 0.600. The van der Waals surface area contributed by atoms with Gasteiger partial charge in [0.1, 0.15) is 11.8 Å². The van der Waals surface area contributed by atoms with Gasteiger partial charge in [-0.25, -0.2) is 0 Å². The molecule has 0 aromatic heterocycles. The molecule has 1 aromatic carbocycles. The van der Waals surface area contributed by atoms with Gasteiger partial charge in [-0.2, -0.15) is 0 Å². The third-order valence-electron chi connectivity index (χ3n) is 4.72. The van der Waals surface area contributed by atoms with Gasteiger partial charge in [0.05, 0.1) is 13.7 Å². The second-order valence-electron chi connectivity index (χ2n) is 6.98. The first kappa shape index (κ1) is 21.2. The minimum Gasteiger partial charge on any atom is -0.497 e. The minimum absolute atomic E-state index is 0.0993. The standard InChI is InChI=1S/C20H32N4O3/c1-4-9-21-20(26)16(2)22-19(25)15-24-12-10-23(11-13-24)14-17-5-7-18(27-3)8-6-17/h5-8,16H,4,9-15H2,1-3H3,(H,21,26)(H,22,25)/t16-/m1/s1. The first-order valence-corrected chi connectivity index (χ1v) is 9.66. The van der Waals surface area contributed by atoms with Gasteiger partial charge < -0.3 is 15.4 Å². The van der Waals surface area contributed by atoms with Crippen LogP contribution in [0.5, 0.6) is 5.75 Å². The van der Waals surface area contributed by atoms with E-state index < -0.39 is 6.04 Å². The molecule has 2 rings (SSSR count). The molecule has 1 heterocycles. The Kier molecular flexibility index (Phi) is 8.54. The van der Waals surface area contributed by atoms with Crippen molar-refractivity contribution in [2.45, 2.75) is 32.9 Å². The van der Waals surface area contributed by atoms with Crippen molar-refractivity contribution in [1.29, 1.82) is 0 Å². The predicted molar refractivity (Wildman–Crippen MR) is 106 cm³/mol. The maximum atomic E-state index is 12.2. The van der Waals surface area contributed by atoms with Crippen molar-refractivity contribution < 1.29 is 14.3 Å². The number of methoxy groups -OCH3 is 1. The third-order valence-corrected chi connectivity index (χ3v) is 4.72. The lowest BCUT2D eigenvalue weighted by molar-refractivity contribution is -0.129. The van der Waals surface area contributed by atoms with Crippen LogP contribution in [0.1, 0.15) is 25.8 Å². The van der Waals surface area contributed by atoms with Crippen LogP contribution >= 0.6 is 0 Å². The van der Waals surface area contributed by atoms with Crippen molar-refractivity contribution in [3.63, 3.8) is 0 Å². The van der Waals surface area contributed by atoms with E-state index in [-0.39, 0.29) is 11.8 Å². The van der Waals surface area contributed by atoms with Gasteiger partial charge in [-0.05, 0) is 31.0 Å². The molecule has 2 N–H and O–H groups in total. The summed E-state index contributed by atoms with van der Waals surface area (Å²) in [7, 11) is 1.67. The van der Waals surface area contributed by atoms with Crippen molar-refractivity contribution in [2.75, 3.05) is 46.4 Å². The Bertz CT molecular complexity index is 598. The van der Waals surface area contributed by atoms with Gasteiger partial charge in [0.25, 0.3) is 0 Å². The van der Waals surface area contributed by atoms with Gasteiger partial charge >= 0.3 is 0 Å². The molecule has 1 saturated heterocycles. The summed E-state index contributed by atoms with van der Waals surface area (Å²) >= 11 is 0. The van der Waals surface area contributed by atoms with Crippen LogP contribution in [0.4, 0.5) is 0 Å². The van der Waals surface area contributed by atoms with Crippen molar-refractivity contribution in [3.05, 3.63) is 29.8 Å².